The fraction of sp³-hybridized carbons (Fsp3) is 0.414. The van der Waals surface area contributed by atoms with Gasteiger partial charge in [-0.15, -0.1) is 0 Å². The minimum absolute atomic E-state index is 0.217. The number of nitrogens with zero attached hydrogens (tertiary/aromatic N) is 4. The van der Waals surface area contributed by atoms with E-state index in [0.29, 0.717) is 52.4 Å². The summed E-state index contributed by atoms with van der Waals surface area (Å²) in [6.07, 6.45) is 3.94. The molecule has 216 valence electrons. The van der Waals surface area contributed by atoms with E-state index in [-0.39, 0.29) is 18.5 Å². The number of hydrogen-bond acceptors (Lipinski definition) is 9. The van der Waals surface area contributed by atoms with Crippen LogP contribution in [0, 0.1) is 0 Å². The van der Waals surface area contributed by atoms with Gasteiger partial charge in [-0.3, -0.25) is 9.59 Å². The molecule has 41 heavy (non-hydrogen) atoms. The number of aromatic nitrogens is 3. The van der Waals surface area contributed by atoms with Crippen LogP contribution in [0.5, 0.6) is 5.88 Å². The molecule has 3 atom stereocenters. The maximum absolute atomic E-state index is 13.5. The van der Waals surface area contributed by atoms with Gasteiger partial charge in [0.15, 0.2) is 0 Å². The summed E-state index contributed by atoms with van der Waals surface area (Å²) >= 11 is 6.47. The molecule has 2 aromatic heterocycles. The number of hydrogen-bond donors (Lipinski definition) is 3. The van der Waals surface area contributed by atoms with Gasteiger partial charge in [0, 0.05) is 49.2 Å². The molecular weight excluding hydrogens is 548 g/mol. The predicted molar refractivity (Wildman–Crippen MR) is 153 cm³/mol. The number of fused-ring (bicyclic) bond motifs is 1. The van der Waals surface area contributed by atoms with Gasteiger partial charge in [0.1, 0.15) is 6.04 Å². The third kappa shape index (κ3) is 6.27. The second-order valence-corrected chi connectivity index (χ2v) is 10.7. The second kappa shape index (κ2) is 12.4. The average Bonchev–Trinajstić information content (AvgIpc) is 3.32. The topological polar surface area (TPSA) is 139 Å². The van der Waals surface area contributed by atoms with Crippen LogP contribution in [0.2, 0.25) is 5.02 Å². The van der Waals surface area contributed by atoms with Gasteiger partial charge < -0.3 is 30.1 Å². The van der Waals surface area contributed by atoms with Crippen molar-refractivity contribution in [2.75, 3.05) is 25.6 Å². The van der Waals surface area contributed by atoms with Gasteiger partial charge >= 0.3 is 0 Å². The van der Waals surface area contributed by atoms with Crippen LogP contribution in [0.1, 0.15) is 54.2 Å². The number of halogens is 1. The molecule has 1 unspecified atom stereocenters. The van der Waals surface area contributed by atoms with Crippen molar-refractivity contribution < 1.29 is 24.2 Å². The number of ether oxygens (including phenoxy) is 2. The molecule has 0 aliphatic carbocycles. The van der Waals surface area contributed by atoms with Gasteiger partial charge in [0.05, 0.1) is 36.2 Å². The van der Waals surface area contributed by atoms with Crippen LogP contribution in [0.15, 0.2) is 42.7 Å². The van der Waals surface area contributed by atoms with Gasteiger partial charge in [-0.1, -0.05) is 23.7 Å². The lowest BCUT2D eigenvalue weighted by Gasteiger charge is -2.28. The van der Waals surface area contributed by atoms with Crippen molar-refractivity contribution in [3.05, 3.63) is 64.4 Å². The van der Waals surface area contributed by atoms with Crippen LogP contribution in [0.3, 0.4) is 0 Å². The van der Waals surface area contributed by atoms with Crippen LogP contribution in [-0.2, 0) is 16.1 Å². The van der Waals surface area contributed by atoms with Gasteiger partial charge in [-0.25, -0.2) is 15.0 Å². The number of benzene rings is 1. The van der Waals surface area contributed by atoms with Gasteiger partial charge in [-0.2, -0.15) is 0 Å². The molecule has 2 amide bonds. The fourth-order valence-corrected chi connectivity index (χ4v) is 5.28. The summed E-state index contributed by atoms with van der Waals surface area (Å²) in [6.45, 7) is 4.91. The predicted octanol–water partition coefficient (Wildman–Crippen LogP) is 3.37. The standard InChI is InChI=1S/C29H33ClN6O5/c1-16(27(38)34-25(17(2)37)19-6-9-31-24(13-19)40-3)36-15-20-5-4-18(12-22(20)28(36)39)26-23(30)14-32-29(35-26)33-21-7-10-41-11-8-21/h4-6,9,12-14,16-17,21,25,37H,7-8,10-11,15H2,1-3H3,(H,34,38)(H,32,33,35)/t16-,17+,25?/m1/s1. The summed E-state index contributed by atoms with van der Waals surface area (Å²) in [6, 6.07) is 7.56. The zero-order chi connectivity index (χ0) is 29.1. The van der Waals surface area contributed by atoms with E-state index < -0.39 is 24.1 Å². The summed E-state index contributed by atoms with van der Waals surface area (Å²) in [5.74, 6) is 0.173. The number of amides is 2. The minimum Gasteiger partial charge on any atom is -0.481 e. The zero-order valence-electron chi connectivity index (χ0n) is 23.1. The van der Waals surface area contributed by atoms with Crippen LogP contribution in [-0.4, -0.2) is 75.3 Å². The van der Waals surface area contributed by atoms with E-state index >= 15 is 0 Å². The van der Waals surface area contributed by atoms with E-state index in [2.05, 4.69) is 25.6 Å². The molecule has 1 fully saturated rings. The molecule has 3 aromatic rings. The summed E-state index contributed by atoms with van der Waals surface area (Å²) < 4.78 is 10.6. The first kappa shape index (κ1) is 28.7. The van der Waals surface area contributed by atoms with Crippen molar-refractivity contribution in [3.8, 4) is 17.1 Å². The van der Waals surface area contributed by atoms with E-state index in [1.165, 1.54) is 12.0 Å². The first-order valence-corrected chi connectivity index (χ1v) is 13.9. The number of nitrogens with one attached hydrogen (secondary N) is 2. The van der Waals surface area contributed by atoms with Crippen molar-refractivity contribution in [2.45, 2.75) is 57.5 Å². The molecule has 1 aromatic carbocycles. The van der Waals surface area contributed by atoms with Crippen molar-refractivity contribution in [1.82, 2.24) is 25.2 Å². The number of aliphatic hydroxyl groups excluding tert-OH is 1. The van der Waals surface area contributed by atoms with E-state index in [1.807, 2.05) is 12.1 Å². The summed E-state index contributed by atoms with van der Waals surface area (Å²) in [5.41, 5.74) is 3.13. The number of aliphatic hydroxyl groups is 1. The molecule has 0 bridgehead atoms. The van der Waals surface area contributed by atoms with Crippen LogP contribution in [0.4, 0.5) is 5.95 Å². The van der Waals surface area contributed by atoms with E-state index in [9.17, 15) is 14.7 Å². The summed E-state index contributed by atoms with van der Waals surface area (Å²) in [7, 11) is 1.49. The quantitative estimate of drug-likeness (QED) is 0.347. The van der Waals surface area contributed by atoms with Crippen molar-refractivity contribution in [3.63, 3.8) is 0 Å². The number of pyridine rings is 1. The Bertz CT molecular complexity index is 1430. The minimum atomic E-state index is -0.893. The SMILES string of the molecule is COc1cc(C(NC(=O)[C@@H](C)N2Cc3ccc(-c4nc(NC5CCOCC5)ncc4Cl)cc3C2=O)[C@H](C)O)ccn1. The Kier molecular flexibility index (Phi) is 8.67. The van der Waals surface area contributed by atoms with Gasteiger partial charge in [0.25, 0.3) is 5.91 Å². The van der Waals surface area contributed by atoms with Crippen molar-refractivity contribution in [2.24, 2.45) is 0 Å². The monoisotopic (exact) mass is 580 g/mol. The van der Waals surface area contributed by atoms with E-state index in [4.69, 9.17) is 21.1 Å². The number of carbonyl (C=O) groups excluding carboxylic acids is 2. The summed E-state index contributed by atoms with van der Waals surface area (Å²) in [4.78, 5) is 41.3. The molecule has 11 nitrogen and oxygen atoms in total. The molecule has 12 heteroatoms. The average molecular weight is 581 g/mol. The highest BCUT2D eigenvalue weighted by Crippen LogP contribution is 2.33. The lowest BCUT2D eigenvalue weighted by atomic mass is 10.0. The third-order valence-corrected chi connectivity index (χ3v) is 7.74. The fourth-order valence-electron chi connectivity index (χ4n) is 5.07. The highest BCUT2D eigenvalue weighted by Gasteiger charge is 2.35. The molecule has 0 saturated carbocycles. The highest BCUT2D eigenvalue weighted by molar-refractivity contribution is 6.33. The smallest absolute Gasteiger partial charge is 0.255 e. The Balaban J connectivity index is 1.31. The molecule has 4 heterocycles. The van der Waals surface area contributed by atoms with Gasteiger partial charge in [0.2, 0.25) is 17.7 Å². The Morgan fingerprint density at radius 3 is 2.71 bits per heavy atom. The number of methoxy groups -OCH3 is 1. The van der Waals surface area contributed by atoms with Gasteiger partial charge in [-0.05, 0) is 49.9 Å². The van der Waals surface area contributed by atoms with E-state index in [1.54, 1.807) is 44.4 Å². The first-order chi connectivity index (χ1) is 19.7. The van der Waals surface area contributed by atoms with Crippen LogP contribution >= 0.6 is 11.6 Å². The van der Waals surface area contributed by atoms with Crippen LogP contribution in [0.25, 0.3) is 11.3 Å². The summed E-state index contributed by atoms with van der Waals surface area (Å²) in [5, 5.41) is 17.0. The Hall–Kier alpha value is -3.80. The molecule has 2 aliphatic rings. The number of rotatable bonds is 9. The van der Waals surface area contributed by atoms with E-state index in [0.717, 1.165) is 18.4 Å². The Morgan fingerprint density at radius 1 is 1.20 bits per heavy atom. The molecule has 2 aliphatic heterocycles. The Morgan fingerprint density at radius 2 is 1.98 bits per heavy atom. The van der Waals surface area contributed by atoms with Crippen molar-refractivity contribution in [1.29, 1.82) is 0 Å². The third-order valence-electron chi connectivity index (χ3n) is 7.47. The van der Waals surface area contributed by atoms with Crippen LogP contribution < -0.4 is 15.4 Å². The molecule has 0 spiro atoms. The Labute approximate surface area is 243 Å². The van der Waals surface area contributed by atoms with Crippen molar-refractivity contribution >= 4 is 29.4 Å². The number of carbonyl (C=O) groups is 2. The first-order valence-electron chi connectivity index (χ1n) is 13.5. The number of anilines is 1. The largest absolute Gasteiger partial charge is 0.481 e. The molecule has 1 saturated heterocycles. The lowest BCUT2D eigenvalue weighted by Crippen LogP contribution is -2.47. The maximum Gasteiger partial charge on any atom is 0.255 e. The molecule has 3 N–H and O–H groups in total. The maximum atomic E-state index is 13.5. The molecule has 0 radical (unpaired) electrons. The highest BCUT2D eigenvalue weighted by atomic mass is 35.5. The zero-order valence-corrected chi connectivity index (χ0v) is 23.9. The molecule has 5 rings (SSSR count). The molecular formula is C29H33ClN6O5. The lowest BCUT2D eigenvalue weighted by molar-refractivity contribution is -0.126. The normalized spacial score (nSPS) is 17.5. The second-order valence-electron chi connectivity index (χ2n) is 10.3.